The van der Waals surface area contributed by atoms with Crippen LogP contribution in [-0.4, -0.2) is 25.1 Å². The van der Waals surface area contributed by atoms with Crippen LogP contribution in [0.5, 0.6) is 5.75 Å². The molecule has 1 amide bonds. The van der Waals surface area contributed by atoms with Crippen LogP contribution in [0.1, 0.15) is 17.5 Å². The summed E-state index contributed by atoms with van der Waals surface area (Å²) in [5.41, 5.74) is 2.94. The van der Waals surface area contributed by atoms with Crippen LogP contribution < -0.4 is 10.1 Å². The second-order valence-electron chi connectivity index (χ2n) is 5.91. The molecule has 0 radical (unpaired) electrons. The molecule has 0 fully saturated rings. The number of hydrogen-bond donors (Lipinski definition) is 1. The van der Waals surface area contributed by atoms with Crippen molar-refractivity contribution in [2.45, 2.75) is 19.3 Å². The van der Waals surface area contributed by atoms with E-state index < -0.39 is 18.5 Å². The monoisotopic (exact) mass is 393 g/mol. The van der Waals surface area contributed by atoms with Gasteiger partial charge in [0.1, 0.15) is 5.75 Å². The second kappa shape index (κ2) is 8.43. The maximum Gasteiger partial charge on any atom is 0.344 e. The predicted molar refractivity (Wildman–Crippen MR) is 100 cm³/mol. The van der Waals surface area contributed by atoms with Gasteiger partial charge in [0.2, 0.25) is 0 Å². The van der Waals surface area contributed by atoms with E-state index in [1.54, 1.807) is 12.1 Å². The molecule has 5 nitrogen and oxygen atoms in total. The number of esters is 1. The number of amides is 1. The first kappa shape index (κ1) is 18.5. The van der Waals surface area contributed by atoms with Crippen molar-refractivity contribution in [3.8, 4) is 5.75 Å². The van der Waals surface area contributed by atoms with Crippen LogP contribution in [0.25, 0.3) is 0 Å². The van der Waals surface area contributed by atoms with Gasteiger partial charge in [0.15, 0.2) is 13.2 Å². The van der Waals surface area contributed by atoms with Gasteiger partial charge in [-0.2, -0.15) is 0 Å². The fourth-order valence-electron chi connectivity index (χ4n) is 2.75. The third-order valence-corrected chi connectivity index (χ3v) is 4.56. The minimum atomic E-state index is -0.627. The lowest BCUT2D eigenvalue weighted by Gasteiger charge is -2.10. The van der Waals surface area contributed by atoms with Crippen LogP contribution in [0.3, 0.4) is 0 Å². The Morgan fingerprint density at radius 3 is 2.65 bits per heavy atom. The highest BCUT2D eigenvalue weighted by molar-refractivity contribution is 6.35. The second-order valence-corrected chi connectivity index (χ2v) is 6.75. The van der Waals surface area contributed by atoms with Crippen molar-refractivity contribution in [2.24, 2.45) is 0 Å². The maximum atomic E-state index is 11.9. The topological polar surface area (TPSA) is 64.6 Å². The number of anilines is 1. The summed E-state index contributed by atoms with van der Waals surface area (Å²) in [5.74, 6) is -0.518. The van der Waals surface area contributed by atoms with Crippen LogP contribution in [0.15, 0.2) is 36.4 Å². The Morgan fingerprint density at radius 2 is 1.81 bits per heavy atom. The lowest BCUT2D eigenvalue weighted by atomic mass is 10.1. The van der Waals surface area contributed by atoms with Gasteiger partial charge in [-0.25, -0.2) is 4.79 Å². The molecule has 0 aliphatic heterocycles. The Balaban J connectivity index is 1.43. The van der Waals surface area contributed by atoms with Gasteiger partial charge < -0.3 is 14.8 Å². The minimum absolute atomic E-state index is 0.260. The van der Waals surface area contributed by atoms with Crippen molar-refractivity contribution >= 4 is 40.8 Å². The Labute approximate surface area is 161 Å². The van der Waals surface area contributed by atoms with E-state index in [9.17, 15) is 9.59 Å². The largest absolute Gasteiger partial charge is 0.482 e. The van der Waals surface area contributed by atoms with Crippen molar-refractivity contribution in [2.75, 3.05) is 18.5 Å². The molecule has 136 valence electrons. The van der Waals surface area contributed by atoms with Gasteiger partial charge >= 0.3 is 5.97 Å². The predicted octanol–water partition coefficient (Wildman–Crippen LogP) is 4.04. The summed E-state index contributed by atoms with van der Waals surface area (Å²) in [6, 6.07) is 10.5. The molecule has 3 rings (SSSR count). The molecule has 1 N–H and O–H groups in total. The number of aryl methyl sites for hydroxylation is 2. The van der Waals surface area contributed by atoms with E-state index in [-0.39, 0.29) is 6.61 Å². The van der Waals surface area contributed by atoms with E-state index in [2.05, 4.69) is 5.32 Å². The van der Waals surface area contributed by atoms with Crippen molar-refractivity contribution < 1.29 is 19.1 Å². The van der Waals surface area contributed by atoms with E-state index in [1.165, 1.54) is 17.2 Å². The molecule has 0 aromatic heterocycles. The number of carbonyl (C=O) groups excluding carboxylic acids is 2. The van der Waals surface area contributed by atoms with Crippen molar-refractivity contribution in [3.05, 3.63) is 57.6 Å². The van der Waals surface area contributed by atoms with Gasteiger partial charge in [-0.1, -0.05) is 29.3 Å². The fraction of sp³-hybridized carbons (Fsp3) is 0.263. The maximum absolute atomic E-state index is 11.9. The number of nitrogens with one attached hydrogen (secondary N) is 1. The average Bonchev–Trinajstić information content (AvgIpc) is 3.09. The van der Waals surface area contributed by atoms with E-state index in [0.29, 0.717) is 21.5 Å². The van der Waals surface area contributed by atoms with Crippen molar-refractivity contribution in [1.29, 1.82) is 0 Å². The van der Waals surface area contributed by atoms with Crippen LogP contribution in [-0.2, 0) is 27.2 Å². The molecular formula is C19H17Cl2NO4. The molecule has 1 aliphatic rings. The molecule has 0 heterocycles. The first-order valence-electron chi connectivity index (χ1n) is 8.16. The number of ether oxygens (including phenoxy) is 2. The summed E-state index contributed by atoms with van der Waals surface area (Å²) >= 11 is 11.8. The van der Waals surface area contributed by atoms with Crippen LogP contribution in [0, 0.1) is 0 Å². The van der Waals surface area contributed by atoms with E-state index in [0.717, 1.165) is 19.3 Å². The quantitative estimate of drug-likeness (QED) is 0.751. The zero-order valence-electron chi connectivity index (χ0n) is 13.9. The minimum Gasteiger partial charge on any atom is -0.482 e. The van der Waals surface area contributed by atoms with Gasteiger partial charge in [-0.15, -0.1) is 0 Å². The first-order valence-corrected chi connectivity index (χ1v) is 8.92. The Bertz CT molecular complexity index is 838. The highest BCUT2D eigenvalue weighted by atomic mass is 35.5. The summed E-state index contributed by atoms with van der Waals surface area (Å²) in [6.07, 6.45) is 3.26. The third-order valence-electron chi connectivity index (χ3n) is 3.99. The zero-order valence-corrected chi connectivity index (χ0v) is 15.4. The van der Waals surface area contributed by atoms with Gasteiger partial charge in [-0.3, -0.25) is 4.79 Å². The number of carbonyl (C=O) groups is 2. The molecule has 26 heavy (non-hydrogen) atoms. The lowest BCUT2D eigenvalue weighted by molar-refractivity contribution is -0.149. The van der Waals surface area contributed by atoms with Gasteiger partial charge in [0, 0.05) is 5.02 Å². The summed E-state index contributed by atoms with van der Waals surface area (Å²) in [4.78, 5) is 23.6. The number of halogens is 2. The number of hydrogen-bond acceptors (Lipinski definition) is 4. The molecule has 1 aliphatic carbocycles. The Morgan fingerprint density at radius 1 is 1.00 bits per heavy atom. The number of benzene rings is 2. The number of fused-ring (bicyclic) bond motifs is 1. The van der Waals surface area contributed by atoms with Crippen LogP contribution in [0.2, 0.25) is 10.0 Å². The molecule has 2 aromatic carbocycles. The highest BCUT2D eigenvalue weighted by Crippen LogP contribution is 2.26. The summed E-state index contributed by atoms with van der Waals surface area (Å²) in [5, 5.41) is 3.31. The van der Waals surface area contributed by atoms with Crippen molar-refractivity contribution in [1.82, 2.24) is 0 Å². The molecule has 0 unspecified atom stereocenters. The molecule has 0 spiro atoms. The summed E-state index contributed by atoms with van der Waals surface area (Å²) in [7, 11) is 0. The standard InChI is InChI=1S/C19H17Cl2NO4/c20-14-5-7-16(21)17(9-14)22-18(23)10-26-19(24)11-25-15-6-4-12-2-1-3-13(12)8-15/h4-9H,1-3,10-11H2,(H,22,23). The Hall–Kier alpha value is -2.24. The van der Waals surface area contributed by atoms with Gasteiger partial charge in [0.05, 0.1) is 10.7 Å². The summed E-state index contributed by atoms with van der Waals surface area (Å²) in [6.45, 7) is -0.695. The van der Waals surface area contributed by atoms with E-state index in [1.807, 2.05) is 18.2 Å². The lowest BCUT2D eigenvalue weighted by Crippen LogP contribution is -2.23. The smallest absolute Gasteiger partial charge is 0.344 e. The molecule has 0 saturated heterocycles. The summed E-state index contributed by atoms with van der Waals surface area (Å²) < 4.78 is 10.3. The van der Waals surface area contributed by atoms with Crippen molar-refractivity contribution in [3.63, 3.8) is 0 Å². The highest BCUT2D eigenvalue weighted by Gasteiger charge is 2.13. The molecule has 7 heteroatoms. The van der Waals surface area contributed by atoms with Crippen LogP contribution >= 0.6 is 23.2 Å². The molecule has 0 atom stereocenters. The molecule has 0 saturated carbocycles. The first-order chi connectivity index (χ1) is 12.5. The van der Waals surface area contributed by atoms with Gasteiger partial charge in [0.25, 0.3) is 5.91 Å². The zero-order chi connectivity index (χ0) is 18.5. The van der Waals surface area contributed by atoms with Crippen LogP contribution in [0.4, 0.5) is 5.69 Å². The molecular weight excluding hydrogens is 377 g/mol. The van der Waals surface area contributed by atoms with E-state index in [4.69, 9.17) is 32.7 Å². The van der Waals surface area contributed by atoms with Gasteiger partial charge in [-0.05, 0) is 60.7 Å². The third kappa shape index (κ3) is 4.90. The number of rotatable bonds is 6. The SMILES string of the molecule is O=C(COC(=O)COc1ccc2c(c1)CCC2)Nc1cc(Cl)ccc1Cl. The molecule has 0 bridgehead atoms. The Kier molecular flexibility index (Phi) is 6.01. The normalized spacial score (nSPS) is 12.4. The molecule has 2 aromatic rings. The average molecular weight is 394 g/mol. The van der Waals surface area contributed by atoms with E-state index >= 15 is 0 Å². The fourth-order valence-corrected chi connectivity index (χ4v) is 3.08.